The Balaban J connectivity index is 1.62. The van der Waals surface area contributed by atoms with Gasteiger partial charge in [0.25, 0.3) is 5.91 Å². The van der Waals surface area contributed by atoms with E-state index in [9.17, 15) is 4.79 Å². The number of methoxy groups -OCH3 is 1. The summed E-state index contributed by atoms with van der Waals surface area (Å²) in [6, 6.07) is 14.9. The topological polar surface area (TPSA) is 51.7 Å². The van der Waals surface area contributed by atoms with E-state index in [4.69, 9.17) is 9.47 Å². The minimum atomic E-state index is -0.0548. The molecule has 0 saturated heterocycles. The van der Waals surface area contributed by atoms with E-state index < -0.39 is 0 Å². The van der Waals surface area contributed by atoms with Crippen LogP contribution in [-0.2, 0) is 13.2 Å². The predicted molar refractivity (Wildman–Crippen MR) is 106 cm³/mol. The molecule has 1 heterocycles. The maximum Gasteiger partial charge on any atom is 0.254 e. The summed E-state index contributed by atoms with van der Waals surface area (Å²) in [6.07, 6.45) is 0. The first-order valence-corrected chi connectivity index (χ1v) is 9.45. The maximum absolute atomic E-state index is 12.7. The molecular formula is C21H22N2O3S. The van der Waals surface area contributed by atoms with Crippen molar-refractivity contribution in [1.82, 2.24) is 9.88 Å². The van der Waals surface area contributed by atoms with Crippen molar-refractivity contribution in [3.8, 4) is 11.5 Å². The van der Waals surface area contributed by atoms with Gasteiger partial charge in [0.2, 0.25) is 0 Å². The number of aryl methyl sites for hydroxylation is 1. The van der Waals surface area contributed by atoms with Gasteiger partial charge in [0.15, 0.2) is 0 Å². The zero-order valence-corrected chi connectivity index (χ0v) is 16.5. The quantitative estimate of drug-likeness (QED) is 0.611. The molecule has 0 N–H and O–H groups in total. The third kappa shape index (κ3) is 5.08. The average molecular weight is 382 g/mol. The van der Waals surface area contributed by atoms with Crippen LogP contribution in [-0.4, -0.2) is 29.9 Å². The van der Waals surface area contributed by atoms with Gasteiger partial charge in [-0.2, -0.15) is 0 Å². The Labute approximate surface area is 163 Å². The fourth-order valence-electron chi connectivity index (χ4n) is 2.65. The molecule has 27 heavy (non-hydrogen) atoms. The van der Waals surface area contributed by atoms with Crippen molar-refractivity contribution in [2.75, 3.05) is 14.2 Å². The van der Waals surface area contributed by atoms with Gasteiger partial charge in [-0.25, -0.2) is 4.98 Å². The largest absolute Gasteiger partial charge is 0.497 e. The number of aromatic nitrogens is 1. The fraction of sp³-hybridized carbons (Fsp3) is 0.238. The number of thiazole rings is 1. The molecule has 0 spiro atoms. The second-order valence-electron chi connectivity index (χ2n) is 6.18. The van der Waals surface area contributed by atoms with E-state index in [2.05, 4.69) is 4.98 Å². The van der Waals surface area contributed by atoms with E-state index in [1.54, 1.807) is 42.5 Å². The number of hydrogen-bond donors (Lipinski definition) is 0. The summed E-state index contributed by atoms with van der Waals surface area (Å²) in [6.45, 7) is 2.88. The Hall–Kier alpha value is -2.86. The second kappa shape index (κ2) is 8.68. The smallest absolute Gasteiger partial charge is 0.254 e. The highest BCUT2D eigenvalue weighted by Gasteiger charge is 2.13. The van der Waals surface area contributed by atoms with Gasteiger partial charge in [-0.3, -0.25) is 4.79 Å². The lowest BCUT2D eigenvalue weighted by Crippen LogP contribution is -2.26. The monoisotopic (exact) mass is 382 g/mol. The first kappa shape index (κ1) is 18.9. The van der Waals surface area contributed by atoms with Crippen LogP contribution in [0.25, 0.3) is 0 Å². The Morgan fingerprint density at radius 3 is 2.59 bits per heavy atom. The summed E-state index contributed by atoms with van der Waals surface area (Å²) in [5.74, 6) is 1.40. The van der Waals surface area contributed by atoms with Crippen LogP contribution in [0.15, 0.2) is 53.9 Å². The molecular weight excluding hydrogens is 360 g/mol. The second-order valence-corrected chi connectivity index (χ2v) is 7.25. The molecule has 1 amide bonds. The molecule has 140 valence electrons. The van der Waals surface area contributed by atoms with Gasteiger partial charge < -0.3 is 14.4 Å². The highest BCUT2D eigenvalue weighted by molar-refractivity contribution is 7.09. The Bertz CT molecular complexity index is 906. The van der Waals surface area contributed by atoms with Gasteiger partial charge in [0, 0.05) is 24.5 Å². The van der Waals surface area contributed by atoms with Crippen LogP contribution >= 0.6 is 11.3 Å². The van der Waals surface area contributed by atoms with Crippen molar-refractivity contribution >= 4 is 17.2 Å². The number of carbonyl (C=O) groups is 1. The number of nitrogens with zero attached hydrogens (tertiary/aromatic N) is 2. The summed E-state index contributed by atoms with van der Waals surface area (Å²) in [4.78, 5) is 18.8. The van der Waals surface area contributed by atoms with Crippen LogP contribution in [0.4, 0.5) is 0 Å². The SMILES string of the molecule is COc1ccc(CN(C)C(=O)c2cccc(OCc3csc(C)n3)c2)cc1. The molecule has 3 aromatic rings. The normalized spacial score (nSPS) is 10.5. The standard InChI is InChI=1S/C21H22N2O3S/c1-15-22-18(14-27-15)13-26-20-6-4-5-17(11-20)21(24)23(2)12-16-7-9-19(25-3)10-8-16/h4-11,14H,12-13H2,1-3H3. The Morgan fingerprint density at radius 2 is 1.93 bits per heavy atom. The van der Waals surface area contributed by atoms with Crippen molar-refractivity contribution in [2.45, 2.75) is 20.1 Å². The van der Waals surface area contributed by atoms with Crippen molar-refractivity contribution in [1.29, 1.82) is 0 Å². The van der Waals surface area contributed by atoms with E-state index in [1.807, 2.05) is 48.7 Å². The number of benzene rings is 2. The number of ether oxygens (including phenoxy) is 2. The molecule has 0 unspecified atom stereocenters. The molecule has 0 radical (unpaired) electrons. The fourth-order valence-corrected chi connectivity index (χ4v) is 3.25. The summed E-state index contributed by atoms with van der Waals surface area (Å²) in [5, 5.41) is 2.99. The Kier molecular flexibility index (Phi) is 6.08. The lowest BCUT2D eigenvalue weighted by Gasteiger charge is -2.18. The predicted octanol–water partition coefficient (Wildman–Crippen LogP) is 4.31. The highest BCUT2D eigenvalue weighted by atomic mass is 32.1. The minimum Gasteiger partial charge on any atom is -0.497 e. The number of carbonyl (C=O) groups excluding carboxylic acids is 1. The zero-order valence-electron chi connectivity index (χ0n) is 15.6. The zero-order chi connectivity index (χ0) is 19.2. The first-order valence-electron chi connectivity index (χ1n) is 8.57. The number of rotatable bonds is 7. The minimum absolute atomic E-state index is 0.0548. The average Bonchev–Trinajstić information content (AvgIpc) is 3.12. The molecule has 0 aliphatic rings. The molecule has 1 aromatic heterocycles. The van der Waals surface area contributed by atoms with Crippen molar-refractivity contribution in [3.63, 3.8) is 0 Å². The van der Waals surface area contributed by atoms with Gasteiger partial charge in [0.1, 0.15) is 18.1 Å². The first-order chi connectivity index (χ1) is 13.0. The van der Waals surface area contributed by atoms with Crippen molar-refractivity contribution in [2.24, 2.45) is 0 Å². The van der Waals surface area contributed by atoms with Gasteiger partial charge in [-0.05, 0) is 42.8 Å². The Morgan fingerprint density at radius 1 is 1.15 bits per heavy atom. The summed E-state index contributed by atoms with van der Waals surface area (Å²) in [5.41, 5.74) is 2.53. The number of hydrogen-bond acceptors (Lipinski definition) is 5. The highest BCUT2D eigenvalue weighted by Crippen LogP contribution is 2.18. The molecule has 0 atom stereocenters. The van der Waals surface area contributed by atoms with E-state index >= 15 is 0 Å². The molecule has 0 aliphatic heterocycles. The van der Waals surface area contributed by atoms with Crippen LogP contribution in [0.3, 0.4) is 0 Å². The molecule has 0 saturated carbocycles. The summed E-state index contributed by atoms with van der Waals surface area (Å²) >= 11 is 1.59. The van der Waals surface area contributed by atoms with Gasteiger partial charge in [0.05, 0.1) is 17.8 Å². The van der Waals surface area contributed by atoms with Crippen LogP contribution < -0.4 is 9.47 Å². The summed E-state index contributed by atoms with van der Waals surface area (Å²) < 4.78 is 10.9. The van der Waals surface area contributed by atoms with Gasteiger partial charge in [-0.15, -0.1) is 11.3 Å². The van der Waals surface area contributed by atoms with E-state index in [0.29, 0.717) is 24.5 Å². The summed E-state index contributed by atoms with van der Waals surface area (Å²) in [7, 11) is 3.42. The number of amides is 1. The van der Waals surface area contributed by atoms with Gasteiger partial charge >= 0.3 is 0 Å². The molecule has 0 bridgehead atoms. The lowest BCUT2D eigenvalue weighted by atomic mass is 10.1. The molecule has 2 aromatic carbocycles. The van der Waals surface area contributed by atoms with Crippen LogP contribution in [0.5, 0.6) is 11.5 Å². The molecule has 0 aliphatic carbocycles. The molecule has 6 heteroatoms. The van der Waals surface area contributed by atoms with Crippen LogP contribution in [0.2, 0.25) is 0 Å². The third-order valence-corrected chi connectivity index (χ3v) is 4.88. The van der Waals surface area contributed by atoms with Crippen molar-refractivity contribution < 1.29 is 14.3 Å². The van der Waals surface area contributed by atoms with Crippen LogP contribution in [0, 0.1) is 6.92 Å². The molecule has 5 nitrogen and oxygen atoms in total. The van der Waals surface area contributed by atoms with Crippen LogP contribution in [0.1, 0.15) is 26.6 Å². The molecule has 3 rings (SSSR count). The van der Waals surface area contributed by atoms with Crippen molar-refractivity contribution in [3.05, 3.63) is 75.7 Å². The van der Waals surface area contributed by atoms with E-state index in [1.165, 1.54) is 0 Å². The maximum atomic E-state index is 12.7. The lowest BCUT2D eigenvalue weighted by molar-refractivity contribution is 0.0784. The van der Waals surface area contributed by atoms with Gasteiger partial charge in [-0.1, -0.05) is 18.2 Å². The van der Waals surface area contributed by atoms with E-state index in [0.717, 1.165) is 22.0 Å². The molecule has 0 fully saturated rings. The third-order valence-electron chi connectivity index (χ3n) is 4.06. The van der Waals surface area contributed by atoms with E-state index in [-0.39, 0.29) is 5.91 Å².